The Kier molecular flexibility index (Phi) is 3.75. The van der Waals surface area contributed by atoms with E-state index in [0.29, 0.717) is 46.4 Å². The van der Waals surface area contributed by atoms with Gasteiger partial charge in [-0.25, -0.2) is 9.97 Å². The monoisotopic (exact) mass is 401 g/mol. The highest BCUT2D eigenvalue weighted by molar-refractivity contribution is 5.95. The minimum Gasteiger partial charge on any atom is -0.368 e. The van der Waals surface area contributed by atoms with Crippen molar-refractivity contribution in [3.05, 3.63) is 40.7 Å². The van der Waals surface area contributed by atoms with Gasteiger partial charge in [-0.05, 0) is 48.4 Å². The molecule has 5 rings (SSSR count). The van der Waals surface area contributed by atoms with Crippen LogP contribution in [0.15, 0.2) is 23.3 Å². The molecule has 2 aliphatic heterocycles. The van der Waals surface area contributed by atoms with Crippen molar-refractivity contribution >= 4 is 18.1 Å². The van der Waals surface area contributed by atoms with Gasteiger partial charge in [0.2, 0.25) is 11.9 Å². The maximum Gasteiger partial charge on any atom is 0.416 e. The van der Waals surface area contributed by atoms with Crippen LogP contribution in [0.25, 0.3) is 11.1 Å². The third-order valence-electron chi connectivity index (χ3n) is 6.03. The highest BCUT2D eigenvalue weighted by atomic mass is 19.4. The predicted molar refractivity (Wildman–Crippen MR) is 100 cm³/mol. The molecular formula is C20H18F3N5O. The first-order valence-electron chi connectivity index (χ1n) is 9.38. The summed E-state index contributed by atoms with van der Waals surface area (Å²) in [6, 6.07) is 1.85. The minimum atomic E-state index is -4.45. The molecular weight excluding hydrogens is 383 g/mol. The van der Waals surface area contributed by atoms with Crippen LogP contribution in [0.5, 0.6) is 0 Å². The number of aryl methyl sites for hydroxylation is 1. The lowest BCUT2D eigenvalue weighted by Gasteiger charge is -2.25. The average molecular weight is 401 g/mol. The number of amides is 1. The van der Waals surface area contributed by atoms with Gasteiger partial charge in [0.1, 0.15) is 6.04 Å². The van der Waals surface area contributed by atoms with Crippen molar-refractivity contribution in [3.63, 3.8) is 0 Å². The van der Waals surface area contributed by atoms with E-state index in [1.54, 1.807) is 13.1 Å². The van der Waals surface area contributed by atoms with Crippen LogP contribution < -0.4 is 10.6 Å². The number of benzene rings is 1. The number of nitrogens with two attached hydrogens (primary N) is 1. The fraction of sp³-hybridized carbons (Fsp3) is 0.400. The number of rotatable bonds is 3. The molecule has 2 N–H and O–H groups in total. The van der Waals surface area contributed by atoms with Crippen molar-refractivity contribution in [2.45, 2.75) is 32.1 Å². The van der Waals surface area contributed by atoms with E-state index in [-0.39, 0.29) is 12.5 Å². The van der Waals surface area contributed by atoms with Crippen LogP contribution >= 0.6 is 0 Å². The van der Waals surface area contributed by atoms with Crippen LogP contribution in [0.2, 0.25) is 0 Å². The van der Waals surface area contributed by atoms with E-state index in [1.807, 2.05) is 4.90 Å². The van der Waals surface area contributed by atoms with E-state index in [0.717, 1.165) is 18.6 Å². The van der Waals surface area contributed by atoms with Crippen LogP contribution in [0, 0.1) is 18.8 Å². The number of anilines is 1. The van der Waals surface area contributed by atoms with E-state index in [9.17, 15) is 18.0 Å². The van der Waals surface area contributed by atoms with Crippen LogP contribution in [-0.2, 0) is 17.5 Å². The lowest BCUT2D eigenvalue weighted by molar-refractivity contribution is -0.137. The fourth-order valence-corrected chi connectivity index (χ4v) is 4.51. The first-order valence-corrected chi connectivity index (χ1v) is 9.38. The molecule has 1 saturated heterocycles. The van der Waals surface area contributed by atoms with Gasteiger partial charge in [0.05, 0.1) is 17.8 Å². The summed E-state index contributed by atoms with van der Waals surface area (Å²) in [5, 5.41) is 0. The summed E-state index contributed by atoms with van der Waals surface area (Å²) in [5.41, 5.74) is 7.52. The molecule has 0 spiro atoms. The maximum atomic E-state index is 13.4. The second kappa shape index (κ2) is 6.01. The second-order valence-electron chi connectivity index (χ2n) is 7.89. The molecule has 29 heavy (non-hydrogen) atoms. The normalized spacial score (nSPS) is 24.6. The predicted octanol–water partition coefficient (Wildman–Crippen LogP) is 2.71. The minimum absolute atomic E-state index is 0.223. The summed E-state index contributed by atoms with van der Waals surface area (Å²) in [4.78, 5) is 26.7. The van der Waals surface area contributed by atoms with Crippen molar-refractivity contribution in [1.29, 1.82) is 0 Å². The molecule has 1 amide bonds. The quantitative estimate of drug-likeness (QED) is 0.857. The SMILES string of the molecule is Cc1nc(N2C[C@H]3C[C@H]3C2C(N)=O)ncc1-c1cc(C(F)(F)F)cc2c1C=NC2. The van der Waals surface area contributed by atoms with Crippen LogP contribution in [0.3, 0.4) is 0 Å². The van der Waals surface area contributed by atoms with Gasteiger partial charge >= 0.3 is 6.18 Å². The Morgan fingerprint density at radius 1 is 1.28 bits per heavy atom. The summed E-state index contributed by atoms with van der Waals surface area (Å²) >= 11 is 0. The third-order valence-corrected chi connectivity index (χ3v) is 6.03. The van der Waals surface area contributed by atoms with E-state index >= 15 is 0 Å². The summed E-state index contributed by atoms with van der Waals surface area (Å²) in [6.07, 6.45) is -0.347. The highest BCUT2D eigenvalue weighted by Gasteiger charge is 2.55. The lowest BCUT2D eigenvalue weighted by Crippen LogP contribution is -2.44. The largest absolute Gasteiger partial charge is 0.416 e. The highest BCUT2D eigenvalue weighted by Crippen LogP contribution is 2.50. The van der Waals surface area contributed by atoms with E-state index in [2.05, 4.69) is 15.0 Å². The number of aliphatic imine (C=N–C) groups is 1. The first kappa shape index (κ1) is 18.1. The second-order valence-corrected chi connectivity index (χ2v) is 7.89. The van der Waals surface area contributed by atoms with Crippen molar-refractivity contribution < 1.29 is 18.0 Å². The summed E-state index contributed by atoms with van der Waals surface area (Å²) < 4.78 is 40.1. The molecule has 3 atom stereocenters. The van der Waals surface area contributed by atoms with Crippen LogP contribution in [0.4, 0.5) is 19.1 Å². The molecule has 6 nitrogen and oxygen atoms in total. The first-order chi connectivity index (χ1) is 13.7. The lowest BCUT2D eigenvalue weighted by atomic mass is 9.94. The van der Waals surface area contributed by atoms with Gasteiger partial charge in [0, 0.05) is 30.1 Å². The molecule has 2 fully saturated rings. The Hall–Kier alpha value is -2.97. The Labute approximate surface area is 164 Å². The number of carbonyl (C=O) groups excluding carboxylic acids is 1. The number of carbonyl (C=O) groups is 1. The Morgan fingerprint density at radius 2 is 2.07 bits per heavy atom. The number of hydrogen-bond donors (Lipinski definition) is 1. The van der Waals surface area contributed by atoms with Crippen molar-refractivity contribution in [1.82, 2.24) is 9.97 Å². The molecule has 9 heteroatoms. The Balaban J connectivity index is 1.56. The molecule has 1 saturated carbocycles. The molecule has 2 aromatic rings. The van der Waals surface area contributed by atoms with Gasteiger partial charge in [-0.1, -0.05) is 0 Å². The van der Waals surface area contributed by atoms with Crippen LogP contribution in [-0.4, -0.2) is 34.7 Å². The molecule has 0 radical (unpaired) electrons. The summed E-state index contributed by atoms with van der Waals surface area (Å²) in [7, 11) is 0. The summed E-state index contributed by atoms with van der Waals surface area (Å²) in [6.45, 7) is 2.62. The standard InChI is InChI=1S/C20H18F3N5O/c1-9-15(14-4-12(20(21,22)23)2-10-5-25-6-16(10)14)7-26-19(27-9)28-8-11-3-13(11)17(28)18(24)29/h2,4,6-7,11,13,17H,3,5,8H2,1H3,(H2,24,29)/t11-,13-,17?/m1/s1. The fourth-order valence-electron chi connectivity index (χ4n) is 4.51. The molecule has 150 valence electrons. The van der Waals surface area contributed by atoms with Gasteiger partial charge < -0.3 is 10.6 Å². The molecule has 1 aromatic carbocycles. The van der Waals surface area contributed by atoms with Crippen molar-refractivity contribution in [3.8, 4) is 11.1 Å². The number of nitrogens with zero attached hydrogens (tertiary/aromatic N) is 4. The zero-order valence-corrected chi connectivity index (χ0v) is 15.6. The number of primary amides is 1. The van der Waals surface area contributed by atoms with Crippen molar-refractivity contribution in [2.24, 2.45) is 22.6 Å². The number of piperidine rings is 1. The molecule has 3 heterocycles. The molecule has 0 bridgehead atoms. The van der Waals surface area contributed by atoms with Gasteiger partial charge in [0.15, 0.2) is 0 Å². The van der Waals surface area contributed by atoms with E-state index in [4.69, 9.17) is 5.73 Å². The number of hydrogen-bond acceptors (Lipinski definition) is 5. The number of fused-ring (bicyclic) bond motifs is 2. The zero-order chi connectivity index (χ0) is 20.5. The zero-order valence-electron chi connectivity index (χ0n) is 15.6. The van der Waals surface area contributed by atoms with E-state index in [1.165, 1.54) is 6.20 Å². The third kappa shape index (κ3) is 2.87. The molecule has 1 aliphatic carbocycles. The molecule has 1 aromatic heterocycles. The Bertz CT molecular complexity index is 1060. The molecule has 1 unspecified atom stereocenters. The van der Waals surface area contributed by atoms with Gasteiger partial charge in [-0.3, -0.25) is 9.79 Å². The maximum absolute atomic E-state index is 13.4. The smallest absolute Gasteiger partial charge is 0.368 e. The van der Waals surface area contributed by atoms with Gasteiger partial charge in [-0.2, -0.15) is 13.2 Å². The number of halogens is 3. The van der Waals surface area contributed by atoms with Gasteiger partial charge in [-0.15, -0.1) is 0 Å². The van der Waals surface area contributed by atoms with E-state index < -0.39 is 23.7 Å². The topological polar surface area (TPSA) is 84.5 Å². The number of alkyl halides is 3. The van der Waals surface area contributed by atoms with Gasteiger partial charge in [0.25, 0.3) is 0 Å². The van der Waals surface area contributed by atoms with Crippen LogP contribution in [0.1, 0.15) is 28.8 Å². The molecule has 3 aliphatic rings. The number of aromatic nitrogens is 2. The summed E-state index contributed by atoms with van der Waals surface area (Å²) in [5.74, 6) is 0.671. The Morgan fingerprint density at radius 3 is 2.76 bits per heavy atom. The average Bonchev–Trinajstić information content (AvgIpc) is 3.09. The van der Waals surface area contributed by atoms with Crippen molar-refractivity contribution in [2.75, 3.05) is 11.4 Å².